The first kappa shape index (κ1) is 13.0. The summed E-state index contributed by atoms with van der Waals surface area (Å²) in [5, 5.41) is 5.80. The highest BCUT2D eigenvalue weighted by atomic mass is 35.5. The van der Waals surface area contributed by atoms with Gasteiger partial charge in [0.05, 0.1) is 10.9 Å². The summed E-state index contributed by atoms with van der Waals surface area (Å²) < 4.78 is 7.62. The van der Waals surface area contributed by atoms with Crippen molar-refractivity contribution in [1.82, 2.24) is 19.6 Å². The molecule has 0 amide bonds. The predicted octanol–water partition coefficient (Wildman–Crippen LogP) is 3.51. The van der Waals surface area contributed by atoms with Gasteiger partial charge in [0.25, 0.3) is 5.78 Å². The minimum absolute atomic E-state index is 0.464. The summed E-state index contributed by atoms with van der Waals surface area (Å²) in [5.74, 6) is 1.33. The highest BCUT2D eigenvalue weighted by Gasteiger charge is 2.08. The molecule has 2 heterocycles. The van der Waals surface area contributed by atoms with Crippen molar-refractivity contribution in [3.8, 4) is 5.75 Å². The van der Waals surface area contributed by atoms with E-state index < -0.39 is 0 Å². The molecule has 0 atom stereocenters. The molecule has 0 radical (unpaired) electrons. The lowest BCUT2D eigenvalue weighted by Gasteiger charge is -2.09. The molecular weight excluding hydrogens is 300 g/mol. The van der Waals surface area contributed by atoms with Crippen LogP contribution in [0.3, 0.4) is 0 Å². The van der Waals surface area contributed by atoms with Gasteiger partial charge in [-0.1, -0.05) is 29.8 Å². The maximum absolute atomic E-state index is 5.93. The van der Waals surface area contributed by atoms with E-state index in [-0.39, 0.29) is 0 Å². The lowest BCUT2D eigenvalue weighted by molar-refractivity contribution is 0.310. The van der Waals surface area contributed by atoms with Gasteiger partial charge < -0.3 is 4.74 Å². The van der Waals surface area contributed by atoms with E-state index in [0.717, 1.165) is 22.2 Å². The van der Waals surface area contributed by atoms with Crippen LogP contribution in [0.2, 0.25) is 5.02 Å². The Kier molecular flexibility index (Phi) is 3.12. The lowest BCUT2D eigenvalue weighted by Crippen LogP contribution is -1.98. The number of ether oxygens (including phenoxy) is 1. The van der Waals surface area contributed by atoms with Crippen LogP contribution >= 0.6 is 11.6 Å². The normalized spacial score (nSPS) is 11.1. The van der Waals surface area contributed by atoms with E-state index in [9.17, 15) is 0 Å². The monoisotopic (exact) mass is 310 g/mol. The van der Waals surface area contributed by atoms with E-state index in [1.54, 1.807) is 10.7 Å². The summed E-state index contributed by atoms with van der Waals surface area (Å²) >= 11 is 5.89. The van der Waals surface area contributed by atoms with Gasteiger partial charge in [-0.05, 0) is 29.8 Å². The molecule has 6 heteroatoms. The van der Waals surface area contributed by atoms with E-state index in [4.69, 9.17) is 16.3 Å². The van der Waals surface area contributed by atoms with Crippen molar-refractivity contribution in [1.29, 1.82) is 0 Å². The van der Waals surface area contributed by atoms with Gasteiger partial charge in [0.2, 0.25) is 0 Å². The first-order valence-corrected chi connectivity index (χ1v) is 7.14. The lowest BCUT2D eigenvalue weighted by atomic mass is 10.2. The van der Waals surface area contributed by atoms with Crippen LogP contribution in [-0.2, 0) is 6.61 Å². The van der Waals surface area contributed by atoms with Crippen LogP contribution in [0.25, 0.3) is 16.7 Å². The Labute approximate surface area is 131 Å². The molecule has 0 fully saturated rings. The standard InChI is InChI=1S/C16H11ClN4O/c17-12-6-4-11(5-7-12)9-22-15-3-1-2-14-13(15)8-18-16-19-10-20-21(14)16/h1-8,10H,9H2. The second kappa shape index (κ2) is 5.27. The molecule has 0 saturated heterocycles. The fourth-order valence-corrected chi connectivity index (χ4v) is 2.46. The van der Waals surface area contributed by atoms with Crippen molar-refractivity contribution in [2.75, 3.05) is 0 Å². The van der Waals surface area contributed by atoms with Crippen molar-refractivity contribution >= 4 is 28.3 Å². The van der Waals surface area contributed by atoms with Crippen molar-refractivity contribution in [3.05, 3.63) is 65.6 Å². The SMILES string of the molecule is Clc1ccc(COc2cccc3c2cnc2ncnn23)cc1. The summed E-state index contributed by atoms with van der Waals surface area (Å²) in [7, 11) is 0. The molecule has 2 aromatic carbocycles. The first-order chi connectivity index (χ1) is 10.8. The van der Waals surface area contributed by atoms with Crippen LogP contribution in [0.1, 0.15) is 5.56 Å². The highest BCUT2D eigenvalue weighted by molar-refractivity contribution is 6.30. The molecule has 0 saturated carbocycles. The number of hydrogen-bond donors (Lipinski definition) is 0. The quantitative estimate of drug-likeness (QED) is 0.581. The second-order valence-corrected chi connectivity index (χ2v) is 5.27. The molecule has 22 heavy (non-hydrogen) atoms. The number of rotatable bonds is 3. The van der Waals surface area contributed by atoms with Crippen LogP contribution in [-0.4, -0.2) is 19.6 Å². The molecule has 0 N–H and O–H groups in total. The Balaban J connectivity index is 1.70. The topological polar surface area (TPSA) is 52.3 Å². The van der Waals surface area contributed by atoms with Gasteiger partial charge in [-0.3, -0.25) is 0 Å². The number of benzene rings is 2. The van der Waals surface area contributed by atoms with Crippen molar-refractivity contribution in [2.24, 2.45) is 0 Å². The number of hydrogen-bond acceptors (Lipinski definition) is 4. The molecule has 4 aromatic rings. The number of nitrogens with zero attached hydrogens (tertiary/aromatic N) is 4. The average Bonchev–Trinajstić information content (AvgIpc) is 3.03. The summed E-state index contributed by atoms with van der Waals surface area (Å²) in [4.78, 5) is 8.38. The Bertz CT molecular complexity index is 949. The minimum atomic E-state index is 0.464. The largest absolute Gasteiger partial charge is 0.488 e. The molecule has 0 spiro atoms. The molecule has 0 bridgehead atoms. The highest BCUT2D eigenvalue weighted by Crippen LogP contribution is 2.25. The third kappa shape index (κ3) is 2.25. The molecule has 4 rings (SSSR count). The number of halogens is 1. The van der Waals surface area contributed by atoms with E-state index in [1.807, 2.05) is 42.5 Å². The molecular formula is C16H11ClN4O. The maximum atomic E-state index is 5.93. The summed E-state index contributed by atoms with van der Waals surface area (Å²) in [6, 6.07) is 13.4. The minimum Gasteiger partial charge on any atom is -0.488 e. The van der Waals surface area contributed by atoms with Gasteiger partial charge in [-0.2, -0.15) is 14.6 Å². The molecule has 108 valence electrons. The first-order valence-electron chi connectivity index (χ1n) is 6.76. The Morgan fingerprint density at radius 2 is 1.91 bits per heavy atom. The zero-order valence-corrected chi connectivity index (χ0v) is 12.2. The molecule has 0 aliphatic heterocycles. The predicted molar refractivity (Wildman–Crippen MR) is 84.1 cm³/mol. The van der Waals surface area contributed by atoms with Gasteiger partial charge in [0.15, 0.2) is 0 Å². The Hall–Kier alpha value is -2.66. The number of fused-ring (bicyclic) bond motifs is 3. The van der Waals surface area contributed by atoms with Gasteiger partial charge >= 0.3 is 0 Å². The third-order valence-corrected chi connectivity index (χ3v) is 3.67. The van der Waals surface area contributed by atoms with E-state index >= 15 is 0 Å². The van der Waals surface area contributed by atoms with E-state index in [1.165, 1.54) is 6.33 Å². The summed E-state index contributed by atoms with van der Waals surface area (Å²) in [6.45, 7) is 0.464. The Morgan fingerprint density at radius 3 is 2.77 bits per heavy atom. The van der Waals surface area contributed by atoms with Crippen LogP contribution in [0.4, 0.5) is 0 Å². The van der Waals surface area contributed by atoms with Crippen LogP contribution in [0.5, 0.6) is 5.75 Å². The van der Waals surface area contributed by atoms with Crippen LogP contribution in [0.15, 0.2) is 55.0 Å². The van der Waals surface area contributed by atoms with E-state index in [0.29, 0.717) is 17.4 Å². The van der Waals surface area contributed by atoms with Crippen molar-refractivity contribution in [2.45, 2.75) is 6.61 Å². The van der Waals surface area contributed by atoms with Crippen LogP contribution < -0.4 is 4.74 Å². The zero-order valence-electron chi connectivity index (χ0n) is 11.5. The third-order valence-electron chi connectivity index (χ3n) is 3.42. The fraction of sp³-hybridized carbons (Fsp3) is 0.0625. The van der Waals surface area contributed by atoms with Gasteiger partial charge in [-0.15, -0.1) is 0 Å². The zero-order chi connectivity index (χ0) is 14.9. The Morgan fingerprint density at radius 1 is 1.05 bits per heavy atom. The van der Waals surface area contributed by atoms with Crippen molar-refractivity contribution < 1.29 is 4.74 Å². The maximum Gasteiger partial charge on any atom is 0.252 e. The van der Waals surface area contributed by atoms with Crippen molar-refractivity contribution in [3.63, 3.8) is 0 Å². The molecule has 5 nitrogen and oxygen atoms in total. The van der Waals surface area contributed by atoms with Gasteiger partial charge in [-0.25, -0.2) is 4.98 Å². The summed E-state index contributed by atoms with van der Waals surface area (Å²) in [5.41, 5.74) is 1.97. The molecule has 0 unspecified atom stereocenters. The average molecular weight is 311 g/mol. The van der Waals surface area contributed by atoms with E-state index in [2.05, 4.69) is 15.1 Å². The smallest absolute Gasteiger partial charge is 0.252 e. The van der Waals surface area contributed by atoms with Crippen LogP contribution in [0, 0.1) is 0 Å². The molecule has 0 aliphatic carbocycles. The molecule has 0 aliphatic rings. The van der Waals surface area contributed by atoms with Gasteiger partial charge in [0, 0.05) is 11.2 Å². The summed E-state index contributed by atoms with van der Waals surface area (Å²) in [6.07, 6.45) is 3.25. The second-order valence-electron chi connectivity index (χ2n) is 4.83. The molecule has 2 aromatic heterocycles. The number of aromatic nitrogens is 4. The fourth-order valence-electron chi connectivity index (χ4n) is 2.33. The van der Waals surface area contributed by atoms with Gasteiger partial charge in [0.1, 0.15) is 18.7 Å².